The highest BCUT2D eigenvalue weighted by Crippen LogP contribution is 2.46. The molecule has 2 saturated carbocycles. The largest absolute Gasteiger partial charge is 0.368 e. The number of benzene rings is 1. The number of nitrogens with zero attached hydrogens (tertiary/aromatic N) is 3. The van der Waals surface area contributed by atoms with Crippen molar-refractivity contribution in [2.24, 2.45) is 11.8 Å². The molecule has 1 saturated heterocycles. The summed E-state index contributed by atoms with van der Waals surface area (Å²) >= 11 is 0. The van der Waals surface area contributed by atoms with Crippen molar-refractivity contribution >= 4 is 5.69 Å². The molecule has 0 aromatic heterocycles. The lowest BCUT2D eigenvalue weighted by Crippen LogP contribution is -2.51. The first kappa shape index (κ1) is 13.2. The number of anilines is 1. The Balaban J connectivity index is 1.42. The minimum absolute atomic E-state index is 0.811. The number of rotatable bonds is 2. The van der Waals surface area contributed by atoms with Gasteiger partial charge in [-0.05, 0) is 43.2 Å². The molecule has 0 spiro atoms. The molecule has 0 N–H and O–H groups in total. The molecule has 3 fully saturated rings. The smallest absolute Gasteiger partial charge is 0.101 e. The van der Waals surface area contributed by atoms with Crippen molar-refractivity contribution in [3.8, 4) is 6.07 Å². The van der Waals surface area contributed by atoms with E-state index in [9.17, 15) is 5.26 Å². The molecule has 0 radical (unpaired) electrons. The molecule has 1 aliphatic heterocycles. The van der Waals surface area contributed by atoms with Crippen LogP contribution in [0.5, 0.6) is 0 Å². The summed E-state index contributed by atoms with van der Waals surface area (Å²) in [7, 11) is 0. The van der Waals surface area contributed by atoms with Gasteiger partial charge >= 0.3 is 0 Å². The summed E-state index contributed by atoms with van der Waals surface area (Å²) < 4.78 is 0. The highest BCUT2D eigenvalue weighted by molar-refractivity contribution is 5.59. The average molecular weight is 281 g/mol. The Morgan fingerprint density at radius 2 is 1.81 bits per heavy atom. The van der Waals surface area contributed by atoms with Crippen LogP contribution in [0.1, 0.15) is 31.2 Å². The summed E-state index contributed by atoms with van der Waals surface area (Å²) in [5.74, 6) is 2.00. The predicted octanol–water partition coefficient (Wildman–Crippen LogP) is 2.87. The topological polar surface area (TPSA) is 30.3 Å². The third-order valence-corrected chi connectivity index (χ3v) is 5.85. The van der Waals surface area contributed by atoms with Crippen molar-refractivity contribution in [2.45, 2.75) is 31.7 Å². The van der Waals surface area contributed by atoms with Gasteiger partial charge in [0.1, 0.15) is 6.07 Å². The van der Waals surface area contributed by atoms with Gasteiger partial charge in [0.05, 0.1) is 11.3 Å². The Bertz CT molecular complexity index is 554. The molecule has 110 valence electrons. The van der Waals surface area contributed by atoms with E-state index < -0.39 is 0 Å². The SMILES string of the molecule is N#Cc1ccccc1N1CCN(C2CC3CCC2C3)CC1. The molecule has 1 aromatic rings. The second kappa shape index (κ2) is 5.35. The van der Waals surface area contributed by atoms with Gasteiger partial charge < -0.3 is 4.90 Å². The fourth-order valence-corrected chi connectivity index (χ4v) is 4.80. The van der Waals surface area contributed by atoms with Gasteiger partial charge in [-0.25, -0.2) is 0 Å². The van der Waals surface area contributed by atoms with Crippen LogP contribution in [-0.2, 0) is 0 Å². The molecular weight excluding hydrogens is 258 g/mol. The van der Waals surface area contributed by atoms with Crippen molar-refractivity contribution in [1.29, 1.82) is 5.26 Å². The Kier molecular flexibility index (Phi) is 3.35. The quantitative estimate of drug-likeness (QED) is 0.835. The summed E-state index contributed by atoms with van der Waals surface area (Å²) in [5.41, 5.74) is 1.93. The lowest BCUT2D eigenvalue weighted by molar-refractivity contribution is 0.135. The van der Waals surface area contributed by atoms with Gasteiger partial charge in [0, 0.05) is 32.2 Å². The fourth-order valence-electron chi connectivity index (χ4n) is 4.80. The summed E-state index contributed by atoms with van der Waals surface area (Å²) in [6.45, 7) is 4.44. The number of nitriles is 1. The zero-order chi connectivity index (χ0) is 14.2. The van der Waals surface area contributed by atoms with Crippen molar-refractivity contribution in [3.05, 3.63) is 29.8 Å². The van der Waals surface area contributed by atoms with Crippen LogP contribution in [0.2, 0.25) is 0 Å². The number of fused-ring (bicyclic) bond motifs is 2. The molecule has 3 unspecified atom stereocenters. The van der Waals surface area contributed by atoms with Gasteiger partial charge in [0.25, 0.3) is 0 Å². The summed E-state index contributed by atoms with van der Waals surface area (Å²) in [6.07, 6.45) is 5.88. The van der Waals surface area contributed by atoms with Gasteiger partial charge in [-0.2, -0.15) is 5.26 Å². The Labute approximate surface area is 127 Å². The van der Waals surface area contributed by atoms with Crippen LogP contribution in [0.3, 0.4) is 0 Å². The zero-order valence-electron chi connectivity index (χ0n) is 12.5. The van der Waals surface area contributed by atoms with Gasteiger partial charge in [0.15, 0.2) is 0 Å². The molecule has 3 atom stereocenters. The maximum Gasteiger partial charge on any atom is 0.101 e. The Morgan fingerprint density at radius 1 is 1.00 bits per heavy atom. The summed E-state index contributed by atoms with van der Waals surface area (Å²) in [6, 6.07) is 11.2. The lowest BCUT2D eigenvalue weighted by atomic mass is 9.93. The van der Waals surface area contributed by atoms with E-state index in [1.807, 2.05) is 18.2 Å². The molecule has 0 amide bonds. The molecule has 21 heavy (non-hydrogen) atoms. The Hall–Kier alpha value is -1.53. The summed E-state index contributed by atoms with van der Waals surface area (Å²) in [4.78, 5) is 5.12. The number of para-hydroxylation sites is 1. The normalized spacial score (nSPS) is 32.3. The number of hydrogen-bond donors (Lipinski definition) is 0. The van der Waals surface area contributed by atoms with Crippen LogP contribution < -0.4 is 4.90 Å². The molecule has 3 heteroatoms. The molecule has 1 heterocycles. The van der Waals surface area contributed by atoms with Gasteiger partial charge in [-0.15, -0.1) is 0 Å². The number of hydrogen-bond acceptors (Lipinski definition) is 3. The maximum atomic E-state index is 9.26. The van der Waals surface area contributed by atoms with Crippen LogP contribution in [0.4, 0.5) is 5.69 Å². The van der Waals surface area contributed by atoms with Crippen LogP contribution >= 0.6 is 0 Å². The van der Waals surface area contributed by atoms with Crippen LogP contribution in [0, 0.1) is 23.2 Å². The lowest BCUT2D eigenvalue weighted by Gasteiger charge is -2.42. The highest BCUT2D eigenvalue weighted by Gasteiger charge is 2.42. The van der Waals surface area contributed by atoms with E-state index in [0.717, 1.165) is 55.3 Å². The highest BCUT2D eigenvalue weighted by atomic mass is 15.3. The van der Waals surface area contributed by atoms with Crippen LogP contribution in [0.15, 0.2) is 24.3 Å². The molecule has 4 rings (SSSR count). The first-order valence-corrected chi connectivity index (χ1v) is 8.33. The Morgan fingerprint density at radius 3 is 2.48 bits per heavy atom. The number of piperazine rings is 1. The van der Waals surface area contributed by atoms with Crippen molar-refractivity contribution < 1.29 is 0 Å². The van der Waals surface area contributed by atoms with E-state index in [2.05, 4.69) is 21.9 Å². The second-order valence-electron chi connectivity index (χ2n) is 6.89. The summed E-state index contributed by atoms with van der Waals surface area (Å²) in [5, 5.41) is 9.26. The minimum Gasteiger partial charge on any atom is -0.368 e. The standard InChI is InChI=1S/C18H23N3/c19-13-16-3-1-2-4-17(16)20-7-9-21(10-8-20)18-12-14-5-6-15(18)11-14/h1-4,14-15,18H,5-12H2. The van der Waals surface area contributed by atoms with E-state index >= 15 is 0 Å². The van der Waals surface area contributed by atoms with E-state index in [-0.39, 0.29) is 0 Å². The molecular formula is C18H23N3. The van der Waals surface area contributed by atoms with Crippen molar-refractivity contribution in [3.63, 3.8) is 0 Å². The van der Waals surface area contributed by atoms with E-state index in [0.29, 0.717) is 0 Å². The van der Waals surface area contributed by atoms with Gasteiger partial charge in [0.2, 0.25) is 0 Å². The monoisotopic (exact) mass is 281 g/mol. The third kappa shape index (κ3) is 2.32. The molecule has 2 aliphatic carbocycles. The van der Waals surface area contributed by atoms with E-state index in [4.69, 9.17) is 0 Å². The molecule has 3 nitrogen and oxygen atoms in total. The van der Waals surface area contributed by atoms with Gasteiger partial charge in [-0.3, -0.25) is 4.90 Å². The van der Waals surface area contributed by atoms with Crippen LogP contribution in [0.25, 0.3) is 0 Å². The van der Waals surface area contributed by atoms with E-state index in [1.165, 1.54) is 25.7 Å². The maximum absolute atomic E-state index is 9.26. The minimum atomic E-state index is 0.811. The average Bonchev–Trinajstić information content (AvgIpc) is 3.18. The van der Waals surface area contributed by atoms with Crippen molar-refractivity contribution in [2.75, 3.05) is 31.1 Å². The molecule has 3 aliphatic rings. The molecule has 1 aromatic carbocycles. The van der Waals surface area contributed by atoms with Crippen molar-refractivity contribution in [1.82, 2.24) is 4.90 Å². The second-order valence-corrected chi connectivity index (χ2v) is 6.89. The third-order valence-electron chi connectivity index (χ3n) is 5.85. The first-order valence-electron chi connectivity index (χ1n) is 8.33. The van der Waals surface area contributed by atoms with E-state index in [1.54, 1.807) is 0 Å². The zero-order valence-corrected chi connectivity index (χ0v) is 12.5. The molecule has 2 bridgehead atoms. The van der Waals surface area contributed by atoms with Crippen LogP contribution in [-0.4, -0.2) is 37.1 Å². The predicted molar refractivity (Wildman–Crippen MR) is 84.2 cm³/mol. The van der Waals surface area contributed by atoms with Gasteiger partial charge in [-0.1, -0.05) is 18.6 Å². The fraction of sp³-hybridized carbons (Fsp3) is 0.611. The first-order chi connectivity index (χ1) is 10.3.